The fourth-order valence-corrected chi connectivity index (χ4v) is 2.39. The number of nitrogens with one attached hydrogen (secondary N) is 2. The first kappa shape index (κ1) is 14.8. The summed E-state index contributed by atoms with van der Waals surface area (Å²) in [5.41, 5.74) is 0.230. The van der Waals surface area contributed by atoms with Crippen LogP contribution in [0.25, 0.3) is 10.9 Å². The summed E-state index contributed by atoms with van der Waals surface area (Å²) < 4.78 is 13.1. The lowest BCUT2D eigenvalue weighted by Crippen LogP contribution is -2.23. The van der Waals surface area contributed by atoms with Gasteiger partial charge in [-0.05, 0) is 42.8 Å². The van der Waals surface area contributed by atoms with Crippen molar-refractivity contribution >= 4 is 22.5 Å². The molecule has 0 atom stereocenters. The van der Waals surface area contributed by atoms with Gasteiger partial charge in [0.2, 0.25) is 0 Å². The Morgan fingerprint density at radius 3 is 2.70 bits per heavy atom. The monoisotopic (exact) mass is 312 g/mol. The first-order valence-electron chi connectivity index (χ1n) is 6.89. The van der Waals surface area contributed by atoms with Crippen LogP contribution >= 0.6 is 0 Å². The van der Waals surface area contributed by atoms with Gasteiger partial charge in [-0.1, -0.05) is 12.1 Å². The van der Waals surface area contributed by atoms with E-state index in [9.17, 15) is 19.1 Å². The Hall–Kier alpha value is -3.15. The zero-order valence-corrected chi connectivity index (χ0v) is 12.2. The van der Waals surface area contributed by atoms with Gasteiger partial charge in [0, 0.05) is 11.1 Å². The van der Waals surface area contributed by atoms with E-state index in [0.29, 0.717) is 22.2 Å². The van der Waals surface area contributed by atoms with Crippen LogP contribution in [-0.2, 0) is 0 Å². The first-order chi connectivity index (χ1) is 11.0. The maximum Gasteiger partial charge on any atom is 0.265 e. The molecule has 5 nitrogen and oxygen atoms in total. The third-order valence-corrected chi connectivity index (χ3v) is 3.56. The van der Waals surface area contributed by atoms with E-state index in [1.807, 2.05) is 0 Å². The van der Waals surface area contributed by atoms with Crippen LogP contribution in [-0.4, -0.2) is 16.0 Å². The number of carbonyl (C=O) groups excluding carboxylic acids is 1. The molecule has 0 unspecified atom stereocenters. The van der Waals surface area contributed by atoms with Crippen molar-refractivity contribution in [1.82, 2.24) is 4.98 Å². The van der Waals surface area contributed by atoms with Gasteiger partial charge >= 0.3 is 0 Å². The van der Waals surface area contributed by atoms with Crippen LogP contribution in [0.2, 0.25) is 0 Å². The molecular formula is C17H13FN2O3. The molecule has 0 saturated heterocycles. The molecule has 1 heterocycles. The quantitative estimate of drug-likeness (QED) is 0.680. The van der Waals surface area contributed by atoms with Gasteiger partial charge in [0.1, 0.15) is 17.1 Å². The molecular weight excluding hydrogens is 299 g/mol. The lowest BCUT2D eigenvalue weighted by Gasteiger charge is -2.10. The third kappa shape index (κ3) is 2.66. The molecule has 116 valence electrons. The molecule has 1 aromatic heterocycles. The molecule has 1 amide bonds. The lowest BCUT2D eigenvalue weighted by atomic mass is 10.1. The SMILES string of the molecule is Cc1cc(F)ccc1NC(=O)c1c(O)c2ccccc2[nH]c1=O. The van der Waals surface area contributed by atoms with Crippen molar-refractivity contribution in [2.75, 3.05) is 5.32 Å². The number of anilines is 1. The van der Waals surface area contributed by atoms with Crippen molar-refractivity contribution < 1.29 is 14.3 Å². The molecule has 3 aromatic rings. The fraction of sp³-hybridized carbons (Fsp3) is 0.0588. The zero-order chi connectivity index (χ0) is 16.6. The third-order valence-electron chi connectivity index (χ3n) is 3.56. The van der Waals surface area contributed by atoms with Crippen molar-refractivity contribution in [3.63, 3.8) is 0 Å². The van der Waals surface area contributed by atoms with Gasteiger partial charge in [-0.3, -0.25) is 9.59 Å². The molecule has 2 aromatic carbocycles. The van der Waals surface area contributed by atoms with Crippen LogP contribution in [0.3, 0.4) is 0 Å². The van der Waals surface area contributed by atoms with Crippen molar-refractivity contribution in [3.8, 4) is 5.75 Å². The van der Waals surface area contributed by atoms with E-state index in [1.165, 1.54) is 18.2 Å². The number of aromatic nitrogens is 1. The van der Waals surface area contributed by atoms with Crippen LogP contribution in [0.4, 0.5) is 10.1 Å². The Morgan fingerprint density at radius 1 is 1.22 bits per heavy atom. The number of benzene rings is 2. The van der Waals surface area contributed by atoms with Gasteiger partial charge in [0.15, 0.2) is 0 Å². The average molecular weight is 312 g/mol. The van der Waals surface area contributed by atoms with Gasteiger partial charge in [-0.25, -0.2) is 4.39 Å². The first-order valence-corrected chi connectivity index (χ1v) is 6.89. The summed E-state index contributed by atoms with van der Waals surface area (Å²) in [4.78, 5) is 27.0. The normalized spacial score (nSPS) is 10.7. The predicted octanol–water partition coefficient (Wildman–Crippen LogP) is 2.93. The summed E-state index contributed by atoms with van der Waals surface area (Å²) >= 11 is 0. The molecule has 0 spiro atoms. The Bertz CT molecular complexity index is 979. The van der Waals surface area contributed by atoms with E-state index in [-0.39, 0.29) is 11.3 Å². The Morgan fingerprint density at radius 2 is 1.96 bits per heavy atom. The van der Waals surface area contributed by atoms with Crippen molar-refractivity contribution in [2.24, 2.45) is 0 Å². The van der Waals surface area contributed by atoms with Gasteiger partial charge < -0.3 is 15.4 Å². The number of amides is 1. The largest absolute Gasteiger partial charge is 0.506 e. The second kappa shape index (κ2) is 5.57. The second-order valence-corrected chi connectivity index (χ2v) is 5.14. The van der Waals surface area contributed by atoms with Crippen LogP contribution in [0.1, 0.15) is 15.9 Å². The van der Waals surface area contributed by atoms with Gasteiger partial charge in [0.05, 0.1) is 5.52 Å². The number of rotatable bonds is 2. The Labute approximate surface area is 130 Å². The minimum absolute atomic E-state index is 0.364. The number of hydrogen-bond donors (Lipinski definition) is 3. The molecule has 0 aliphatic rings. The Kier molecular flexibility index (Phi) is 3.57. The topological polar surface area (TPSA) is 82.2 Å². The molecule has 3 N–H and O–H groups in total. The summed E-state index contributed by atoms with van der Waals surface area (Å²) in [5, 5.41) is 13.1. The zero-order valence-electron chi connectivity index (χ0n) is 12.2. The maximum atomic E-state index is 13.1. The minimum atomic E-state index is -0.760. The number of aromatic hydroxyl groups is 1. The van der Waals surface area contributed by atoms with Crippen molar-refractivity contribution in [3.05, 3.63) is 69.8 Å². The predicted molar refractivity (Wildman–Crippen MR) is 85.3 cm³/mol. The highest BCUT2D eigenvalue weighted by molar-refractivity contribution is 6.09. The number of halogens is 1. The van der Waals surface area contributed by atoms with Crippen LogP contribution in [0, 0.1) is 12.7 Å². The minimum Gasteiger partial charge on any atom is -0.506 e. The number of aryl methyl sites for hydroxylation is 1. The summed E-state index contributed by atoms with van der Waals surface area (Å²) in [6.45, 7) is 1.63. The fourth-order valence-electron chi connectivity index (χ4n) is 2.39. The van der Waals surface area contributed by atoms with E-state index >= 15 is 0 Å². The van der Waals surface area contributed by atoms with Crippen molar-refractivity contribution in [1.29, 1.82) is 0 Å². The molecule has 0 fully saturated rings. The summed E-state index contributed by atoms with van der Waals surface area (Å²) in [7, 11) is 0. The van der Waals surface area contributed by atoms with Crippen LogP contribution in [0.15, 0.2) is 47.3 Å². The van der Waals surface area contributed by atoms with Gasteiger partial charge in [-0.15, -0.1) is 0 Å². The second-order valence-electron chi connectivity index (χ2n) is 5.14. The maximum absolute atomic E-state index is 13.1. The number of pyridine rings is 1. The number of para-hydroxylation sites is 1. The molecule has 0 radical (unpaired) electrons. The number of carbonyl (C=O) groups is 1. The molecule has 0 aliphatic heterocycles. The molecule has 0 bridgehead atoms. The average Bonchev–Trinajstić information content (AvgIpc) is 2.50. The highest BCUT2D eigenvalue weighted by Crippen LogP contribution is 2.25. The lowest BCUT2D eigenvalue weighted by molar-refractivity contribution is 0.102. The van der Waals surface area contributed by atoms with Crippen molar-refractivity contribution in [2.45, 2.75) is 6.92 Å². The molecule has 23 heavy (non-hydrogen) atoms. The number of H-pyrrole nitrogens is 1. The van der Waals surface area contributed by atoms with Crippen LogP contribution < -0.4 is 10.9 Å². The van der Waals surface area contributed by atoms with E-state index in [0.717, 1.165) is 0 Å². The molecule has 3 rings (SSSR count). The Balaban J connectivity index is 2.06. The van der Waals surface area contributed by atoms with E-state index in [1.54, 1.807) is 31.2 Å². The number of aromatic amines is 1. The van der Waals surface area contributed by atoms with Gasteiger partial charge in [-0.2, -0.15) is 0 Å². The van der Waals surface area contributed by atoms with E-state index < -0.39 is 17.3 Å². The molecule has 0 aliphatic carbocycles. The van der Waals surface area contributed by atoms with Gasteiger partial charge in [0.25, 0.3) is 11.5 Å². The van der Waals surface area contributed by atoms with E-state index in [2.05, 4.69) is 10.3 Å². The highest BCUT2D eigenvalue weighted by Gasteiger charge is 2.19. The number of hydrogen-bond acceptors (Lipinski definition) is 3. The summed E-state index contributed by atoms with van der Waals surface area (Å²) in [6.07, 6.45) is 0. The molecule has 6 heteroatoms. The highest BCUT2D eigenvalue weighted by atomic mass is 19.1. The standard InChI is InChI=1S/C17H13FN2O3/c1-9-8-10(18)6-7-12(9)19-16(22)14-15(21)11-4-2-3-5-13(11)20-17(14)23/h2-8H,1H3,(H,19,22)(H2,20,21,23). The summed E-state index contributed by atoms with van der Waals surface area (Å²) in [5.74, 6) is -1.57. The number of fused-ring (bicyclic) bond motifs is 1. The van der Waals surface area contributed by atoms with Crippen LogP contribution in [0.5, 0.6) is 5.75 Å². The van der Waals surface area contributed by atoms with E-state index in [4.69, 9.17) is 0 Å². The summed E-state index contributed by atoms with van der Waals surface area (Å²) in [6, 6.07) is 10.5. The molecule has 0 saturated carbocycles. The smallest absolute Gasteiger partial charge is 0.265 e.